The number of amides is 1. The Bertz CT molecular complexity index is 1080. The zero-order chi connectivity index (χ0) is 20.3. The molecule has 3 aromatic carbocycles. The molecular weight excluding hydrogens is 362 g/mol. The van der Waals surface area contributed by atoms with Crippen LogP contribution in [-0.4, -0.2) is 22.9 Å². The fourth-order valence-corrected chi connectivity index (χ4v) is 2.64. The van der Waals surface area contributed by atoms with Crippen molar-refractivity contribution < 1.29 is 19.2 Å². The summed E-state index contributed by atoms with van der Waals surface area (Å²) in [7, 11) is 0. The second-order valence-corrected chi connectivity index (χ2v) is 6.13. The van der Waals surface area contributed by atoms with E-state index in [1.165, 1.54) is 13.0 Å². The van der Waals surface area contributed by atoms with Crippen LogP contribution in [0.2, 0.25) is 0 Å². The molecule has 0 bridgehead atoms. The molecule has 0 heterocycles. The van der Waals surface area contributed by atoms with Crippen LogP contribution >= 0.6 is 0 Å². The molecule has 8 heteroatoms. The largest absolute Gasteiger partial charge is 0.449 e. The first-order chi connectivity index (χ1) is 13.3. The predicted octanol–water partition coefficient (Wildman–Crippen LogP) is 3.51. The molecule has 0 aliphatic heterocycles. The Labute approximate surface area is 160 Å². The lowest BCUT2D eigenvalue weighted by molar-refractivity contribution is -0.384. The Kier molecular flexibility index (Phi) is 5.21. The highest BCUT2D eigenvalue weighted by Crippen LogP contribution is 2.22. The number of benzene rings is 3. The second-order valence-electron chi connectivity index (χ2n) is 6.13. The highest BCUT2D eigenvalue weighted by atomic mass is 16.6. The molecule has 0 unspecified atom stereocenters. The molecule has 0 aromatic heterocycles. The van der Waals surface area contributed by atoms with Crippen molar-refractivity contribution in [2.45, 2.75) is 13.0 Å². The lowest BCUT2D eigenvalue weighted by Crippen LogP contribution is -2.30. The number of nitrogens with zero attached hydrogens (tertiary/aromatic N) is 1. The van der Waals surface area contributed by atoms with Crippen LogP contribution in [-0.2, 0) is 9.53 Å². The lowest BCUT2D eigenvalue weighted by Gasteiger charge is -2.14. The quantitative estimate of drug-likeness (QED) is 0.302. The average molecular weight is 379 g/mol. The first kappa shape index (κ1) is 18.8. The van der Waals surface area contributed by atoms with Crippen molar-refractivity contribution in [2.24, 2.45) is 0 Å². The molecular formula is C20H17N3O5. The van der Waals surface area contributed by atoms with Gasteiger partial charge in [0.25, 0.3) is 11.6 Å². The third-order valence-electron chi connectivity index (χ3n) is 4.14. The molecule has 0 saturated heterocycles. The maximum atomic E-state index is 12.3. The van der Waals surface area contributed by atoms with Gasteiger partial charge in [0.05, 0.1) is 16.2 Å². The van der Waals surface area contributed by atoms with E-state index in [1.807, 2.05) is 36.4 Å². The van der Waals surface area contributed by atoms with Crippen molar-refractivity contribution in [2.75, 3.05) is 11.1 Å². The summed E-state index contributed by atoms with van der Waals surface area (Å²) in [5, 5.41) is 15.4. The summed E-state index contributed by atoms with van der Waals surface area (Å²) in [6.07, 6.45) is -1.09. The summed E-state index contributed by atoms with van der Waals surface area (Å²) in [4.78, 5) is 34.7. The number of fused-ring (bicyclic) bond motifs is 1. The van der Waals surface area contributed by atoms with E-state index < -0.39 is 22.9 Å². The molecule has 1 amide bonds. The van der Waals surface area contributed by atoms with Gasteiger partial charge >= 0.3 is 5.97 Å². The van der Waals surface area contributed by atoms with E-state index >= 15 is 0 Å². The number of rotatable bonds is 5. The van der Waals surface area contributed by atoms with Gasteiger partial charge in [-0.15, -0.1) is 0 Å². The fraction of sp³-hybridized carbons (Fsp3) is 0.100. The molecule has 28 heavy (non-hydrogen) atoms. The van der Waals surface area contributed by atoms with Gasteiger partial charge in [-0.05, 0) is 35.9 Å². The zero-order valence-corrected chi connectivity index (χ0v) is 14.9. The molecule has 142 valence electrons. The van der Waals surface area contributed by atoms with Gasteiger partial charge in [0, 0.05) is 17.8 Å². The van der Waals surface area contributed by atoms with Crippen molar-refractivity contribution in [1.29, 1.82) is 0 Å². The number of anilines is 2. The van der Waals surface area contributed by atoms with Crippen LogP contribution in [0.4, 0.5) is 17.1 Å². The van der Waals surface area contributed by atoms with E-state index in [-0.39, 0.29) is 16.9 Å². The van der Waals surface area contributed by atoms with Gasteiger partial charge in [0.1, 0.15) is 0 Å². The third-order valence-corrected chi connectivity index (χ3v) is 4.14. The van der Waals surface area contributed by atoms with Crippen molar-refractivity contribution in [3.8, 4) is 0 Å². The molecule has 0 aliphatic carbocycles. The van der Waals surface area contributed by atoms with Crippen molar-refractivity contribution >= 4 is 39.7 Å². The molecule has 8 nitrogen and oxygen atoms in total. The third kappa shape index (κ3) is 4.07. The summed E-state index contributed by atoms with van der Waals surface area (Å²) < 4.78 is 5.14. The summed E-state index contributed by atoms with van der Waals surface area (Å²) in [6.45, 7) is 1.43. The van der Waals surface area contributed by atoms with E-state index in [0.29, 0.717) is 5.69 Å². The van der Waals surface area contributed by atoms with Gasteiger partial charge in [-0.3, -0.25) is 14.9 Å². The number of nitro groups is 1. The maximum absolute atomic E-state index is 12.3. The number of hydrogen-bond acceptors (Lipinski definition) is 6. The minimum atomic E-state index is -1.09. The van der Waals surface area contributed by atoms with Gasteiger partial charge in [0.2, 0.25) is 0 Å². The smallest absolute Gasteiger partial charge is 0.341 e. The van der Waals surface area contributed by atoms with Gasteiger partial charge in [-0.25, -0.2) is 4.79 Å². The highest BCUT2D eigenvalue weighted by molar-refractivity contribution is 6.00. The molecule has 3 N–H and O–H groups in total. The minimum absolute atomic E-state index is 0.0454. The highest BCUT2D eigenvalue weighted by Gasteiger charge is 2.22. The van der Waals surface area contributed by atoms with E-state index in [9.17, 15) is 19.7 Å². The van der Waals surface area contributed by atoms with Gasteiger partial charge in [-0.1, -0.05) is 30.3 Å². The Morgan fingerprint density at radius 3 is 2.46 bits per heavy atom. The topological polar surface area (TPSA) is 125 Å². The summed E-state index contributed by atoms with van der Waals surface area (Å²) in [6, 6.07) is 16.6. The van der Waals surface area contributed by atoms with E-state index in [2.05, 4.69) is 5.32 Å². The van der Waals surface area contributed by atoms with Gasteiger partial charge < -0.3 is 15.8 Å². The normalized spacial score (nSPS) is 11.6. The lowest BCUT2D eigenvalue weighted by atomic mass is 10.1. The van der Waals surface area contributed by atoms with Crippen LogP contribution < -0.4 is 11.1 Å². The summed E-state index contributed by atoms with van der Waals surface area (Å²) in [5.74, 6) is -1.35. The molecule has 0 fully saturated rings. The summed E-state index contributed by atoms with van der Waals surface area (Å²) in [5.41, 5.74) is 5.87. The number of non-ortho nitro benzene ring substituents is 1. The van der Waals surface area contributed by atoms with Crippen LogP contribution in [0.1, 0.15) is 17.3 Å². The van der Waals surface area contributed by atoms with E-state index in [1.54, 1.807) is 6.07 Å². The Hall–Kier alpha value is -3.94. The van der Waals surface area contributed by atoms with Crippen molar-refractivity contribution in [3.63, 3.8) is 0 Å². The minimum Gasteiger partial charge on any atom is -0.449 e. The maximum Gasteiger partial charge on any atom is 0.341 e. The number of nitrogens with two attached hydrogens (primary N) is 1. The van der Waals surface area contributed by atoms with E-state index in [0.717, 1.165) is 22.9 Å². The zero-order valence-electron chi connectivity index (χ0n) is 14.9. The number of ether oxygens (including phenoxy) is 1. The number of hydrogen-bond donors (Lipinski definition) is 2. The average Bonchev–Trinajstić information content (AvgIpc) is 2.67. The molecule has 0 aliphatic rings. The Morgan fingerprint density at radius 2 is 1.79 bits per heavy atom. The molecule has 0 saturated carbocycles. The SMILES string of the molecule is C[C@H](OC(=O)c1ccc([N+](=O)[O-])cc1N)C(=O)Nc1ccc2ccccc2c1. The van der Waals surface area contributed by atoms with Crippen LogP contribution in [0.25, 0.3) is 10.8 Å². The second kappa shape index (κ2) is 7.75. The number of nitrogens with one attached hydrogen (secondary N) is 1. The molecule has 0 spiro atoms. The monoisotopic (exact) mass is 379 g/mol. The molecule has 3 aromatic rings. The van der Waals surface area contributed by atoms with Crippen molar-refractivity contribution in [1.82, 2.24) is 0 Å². The van der Waals surface area contributed by atoms with Crippen LogP contribution in [0.15, 0.2) is 60.7 Å². The molecule has 3 rings (SSSR count). The number of carbonyl (C=O) groups excluding carboxylic acids is 2. The fourth-order valence-electron chi connectivity index (χ4n) is 2.64. The van der Waals surface area contributed by atoms with Gasteiger partial charge in [0.15, 0.2) is 6.10 Å². The number of esters is 1. The van der Waals surface area contributed by atoms with Crippen LogP contribution in [0, 0.1) is 10.1 Å². The first-order valence-electron chi connectivity index (χ1n) is 8.39. The first-order valence-corrected chi connectivity index (χ1v) is 8.39. The standard InChI is InChI=1S/C20H17N3O5/c1-12(28-20(25)17-9-8-16(23(26)27)11-18(17)21)19(24)22-15-7-6-13-4-2-3-5-14(13)10-15/h2-12H,21H2,1H3,(H,22,24)/t12-/m0/s1. The van der Waals surface area contributed by atoms with Crippen LogP contribution in [0.3, 0.4) is 0 Å². The van der Waals surface area contributed by atoms with E-state index in [4.69, 9.17) is 10.5 Å². The summed E-state index contributed by atoms with van der Waals surface area (Å²) >= 11 is 0. The molecule has 1 atom stereocenters. The molecule has 0 radical (unpaired) electrons. The number of carbonyl (C=O) groups is 2. The van der Waals surface area contributed by atoms with Crippen molar-refractivity contribution in [3.05, 3.63) is 76.3 Å². The Morgan fingerprint density at radius 1 is 1.07 bits per heavy atom. The van der Waals surface area contributed by atoms with Gasteiger partial charge in [-0.2, -0.15) is 0 Å². The predicted molar refractivity (Wildman–Crippen MR) is 105 cm³/mol. The van der Waals surface area contributed by atoms with Crippen LogP contribution in [0.5, 0.6) is 0 Å². The Balaban J connectivity index is 1.67. The number of nitro benzene ring substituents is 1. The number of nitrogen functional groups attached to an aromatic ring is 1.